The van der Waals surface area contributed by atoms with Crippen LogP contribution in [0.4, 0.5) is 0 Å². The van der Waals surface area contributed by atoms with Crippen LogP contribution in [0.5, 0.6) is 0 Å². The van der Waals surface area contributed by atoms with E-state index in [4.69, 9.17) is 0 Å². The first-order valence-corrected chi connectivity index (χ1v) is 10.9. The van der Waals surface area contributed by atoms with Crippen molar-refractivity contribution >= 4 is 27.3 Å². The summed E-state index contributed by atoms with van der Waals surface area (Å²) < 4.78 is 0. The Hall–Kier alpha value is 0.633. The summed E-state index contributed by atoms with van der Waals surface area (Å²) >= 11 is 0. The fourth-order valence-corrected chi connectivity index (χ4v) is 1.82. The van der Waals surface area contributed by atoms with Crippen molar-refractivity contribution in [1.82, 2.24) is 0 Å². The maximum atomic E-state index is 3.19. The number of rotatable bonds is 1. The molecule has 2 atom stereocenters. The van der Waals surface area contributed by atoms with E-state index in [2.05, 4.69) is 81.8 Å². The van der Waals surface area contributed by atoms with Crippen molar-refractivity contribution in [2.24, 2.45) is 0 Å². The summed E-state index contributed by atoms with van der Waals surface area (Å²) in [6.07, 6.45) is 6.41. The second kappa shape index (κ2) is 17.5. The van der Waals surface area contributed by atoms with E-state index in [1.807, 2.05) is 0 Å². The topological polar surface area (TPSA) is 0 Å². The van der Waals surface area contributed by atoms with Gasteiger partial charge in [0.05, 0.1) is 0 Å². The van der Waals surface area contributed by atoms with Gasteiger partial charge in [-0.3, -0.25) is 6.08 Å². The van der Waals surface area contributed by atoms with Gasteiger partial charge in [-0.2, -0.15) is 23.1 Å². The van der Waals surface area contributed by atoms with E-state index in [1.165, 1.54) is 38.5 Å². The van der Waals surface area contributed by atoms with Gasteiger partial charge >= 0.3 is 26.2 Å². The van der Waals surface area contributed by atoms with Crippen LogP contribution < -0.4 is 24.8 Å². The van der Waals surface area contributed by atoms with Gasteiger partial charge < -0.3 is 24.8 Å². The van der Waals surface area contributed by atoms with E-state index in [0.717, 1.165) is 6.42 Å². The van der Waals surface area contributed by atoms with E-state index >= 15 is 0 Å². The Morgan fingerprint density at radius 2 is 1.61 bits per heavy atom. The smallest absolute Gasteiger partial charge is 1.00 e. The van der Waals surface area contributed by atoms with Crippen LogP contribution in [0.1, 0.15) is 20.3 Å². The molecule has 5 heteroatoms. The fourth-order valence-electron chi connectivity index (χ4n) is 1.82. The summed E-state index contributed by atoms with van der Waals surface area (Å²) in [5.41, 5.74) is 2.72. The summed E-state index contributed by atoms with van der Waals surface area (Å²) in [6.45, 7) is 8.65. The van der Waals surface area contributed by atoms with E-state index in [9.17, 15) is 0 Å². The Morgan fingerprint density at radius 3 is 2.00 bits per heavy atom. The third kappa shape index (κ3) is 12.6. The van der Waals surface area contributed by atoms with Gasteiger partial charge in [-0.05, 0) is 13.3 Å². The van der Waals surface area contributed by atoms with E-state index in [1.54, 1.807) is 0 Å². The SMILES string of the molecule is CC1=[C-]CC(C)=C1.CPPC.[Cl-].[Cl-].[Zr+4].c1ccc2[cH-]ccc2c1. The molecule has 0 aliphatic heterocycles. The van der Waals surface area contributed by atoms with Gasteiger partial charge in [-0.1, -0.05) is 19.9 Å². The number of hydrogen-bond donors (Lipinski definition) is 0. The molecule has 2 aromatic rings. The van der Waals surface area contributed by atoms with Gasteiger partial charge in [0.15, 0.2) is 0 Å². The number of halogens is 2. The van der Waals surface area contributed by atoms with Crippen molar-refractivity contribution in [3.63, 3.8) is 0 Å². The molecule has 0 N–H and O–H groups in total. The van der Waals surface area contributed by atoms with Crippen LogP contribution in [0, 0.1) is 6.08 Å². The van der Waals surface area contributed by atoms with E-state index < -0.39 is 0 Å². The first kappa shape index (κ1) is 28.4. The molecule has 0 radical (unpaired) electrons. The van der Waals surface area contributed by atoms with E-state index in [-0.39, 0.29) is 51.0 Å². The number of fused-ring (bicyclic) bond motifs is 1. The summed E-state index contributed by atoms with van der Waals surface area (Å²) in [7, 11) is 2.34. The number of hydrogen-bond acceptors (Lipinski definition) is 0. The van der Waals surface area contributed by atoms with Crippen molar-refractivity contribution in [2.45, 2.75) is 20.3 Å². The monoisotopic (exact) mass is 462 g/mol. The van der Waals surface area contributed by atoms with Crippen LogP contribution in [0.2, 0.25) is 0 Å². The Bertz CT molecular complexity index is 545. The van der Waals surface area contributed by atoms with Gasteiger partial charge in [0.2, 0.25) is 0 Å². The fraction of sp³-hybridized carbons (Fsp3) is 0.278. The third-order valence-electron chi connectivity index (χ3n) is 2.91. The molecule has 0 fully saturated rings. The first-order valence-electron chi connectivity index (χ1n) is 6.86. The number of allylic oxidation sites excluding steroid dienone is 4. The van der Waals surface area contributed by atoms with Crippen molar-refractivity contribution in [2.75, 3.05) is 13.3 Å². The van der Waals surface area contributed by atoms with Crippen LogP contribution in [0.15, 0.2) is 59.7 Å². The standard InChI is InChI=1S/C9H7.C7H9.C2H8P2.2ClH.Zr/c1-2-5-9-7-3-6-8(9)4-1;1-6-3-4-7(2)5-6;1-3-4-2;;;/h1-7H;5H,3H2,1-2H3;3-4H,1-2H3;2*1H;/q2*-1;;;;+4/p-2. The molecule has 0 heterocycles. The Kier molecular flexibility index (Phi) is 21.6. The molecule has 0 saturated carbocycles. The van der Waals surface area contributed by atoms with Crippen molar-refractivity contribution in [3.8, 4) is 0 Å². The molecule has 0 bridgehead atoms. The quantitative estimate of drug-likeness (QED) is 0.417. The van der Waals surface area contributed by atoms with Crippen LogP contribution in [-0.2, 0) is 26.2 Å². The number of benzene rings is 1. The van der Waals surface area contributed by atoms with Gasteiger partial charge in [-0.15, -0.1) is 52.6 Å². The largest absolute Gasteiger partial charge is 4.00 e. The third-order valence-corrected chi connectivity index (χ3v) is 4.91. The van der Waals surface area contributed by atoms with Crippen molar-refractivity contribution in [1.29, 1.82) is 0 Å². The first-order chi connectivity index (χ1) is 9.67. The molecule has 0 saturated heterocycles. The average Bonchev–Trinajstić information content (AvgIpc) is 3.08. The molecule has 3 rings (SSSR count). The maximum Gasteiger partial charge on any atom is 4.00 e. The Labute approximate surface area is 176 Å². The molecule has 1 aliphatic carbocycles. The molecule has 2 unspecified atom stereocenters. The predicted molar refractivity (Wildman–Crippen MR) is 98.8 cm³/mol. The van der Waals surface area contributed by atoms with Crippen LogP contribution in [0.3, 0.4) is 0 Å². The molecule has 0 amide bonds. The average molecular weight is 464 g/mol. The molecule has 2 aromatic carbocycles. The molecule has 23 heavy (non-hydrogen) atoms. The molecule has 1 aliphatic rings. The molecular formula is C18H24Cl2P2Zr. The van der Waals surface area contributed by atoms with Gasteiger partial charge in [0.1, 0.15) is 0 Å². The summed E-state index contributed by atoms with van der Waals surface area (Å²) in [4.78, 5) is 0. The normalized spacial score (nSPS) is 12.2. The summed E-state index contributed by atoms with van der Waals surface area (Å²) in [5, 5.41) is 2.66. The van der Waals surface area contributed by atoms with Crippen LogP contribution >= 0.6 is 16.5 Å². The molecule has 0 nitrogen and oxygen atoms in total. The van der Waals surface area contributed by atoms with Crippen molar-refractivity contribution < 1.29 is 51.0 Å². The Balaban J connectivity index is -0.000000262. The second-order valence-corrected chi connectivity index (χ2v) is 8.68. The molecule has 124 valence electrons. The van der Waals surface area contributed by atoms with Crippen LogP contribution in [0.25, 0.3) is 10.8 Å². The predicted octanol–water partition coefficient (Wildman–Crippen LogP) is 0.168. The summed E-state index contributed by atoms with van der Waals surface area (Å²) in [6, 6.07) is 14.7. The van der Waals surface area contributed by atoms with Crippen LogP contribution in [-0.4, -0.2) is 13.3 Å². The molecule has 0 spiro atoms. The van der Waals surface area contributed by atoms with Gasteiger partial charge in [-0.25, -0.2) is 11.6 Å². The second-order valence-electron chi connectivity index (χ2n) is 4.68. The zero-order valence-electron chi connectivity index (χ0n) is 14.1. The summed E-state index contributed by atoms with van der Waals surface area (Å²) in [5.74, 6) is 0. The minimum absolute atomic E-state index is 0. The zero-order valence-corrected chi connectivity index (χ0v) is 20.1. The zero-order chi connectivity index (χ0) is 14.8. The van der Waals surface area contributed by atoms with Gasteiger partial charge in [0.25, 0.3) is 0 Å². The van der Waals surface area contributed by atoms with Crippen molar-refractivity contribution in [3.05, 3.63) is 65.8 Å². The molecular weight excluding hydrogens is 440 g/mol. The molecule has 0 aromatic heterocycles. The van der Waals surface area contributed by atoms with Gasteiger partial charge in [0, 0.05) is 0 Å². The maximum absolute atomic E-state index is 3.19. The minimum atomic E-state index is 0. The Morgan fingerprint density at radius 1 is 1.00 bits per heavy atom. The van der Waals surface area contributed by atoms with E-state index in [0.29, 0.717) is 0 Å². The minimum Gasteiger partial charge on any atom is -1.00 e.